The second-order valence-electron chi connectivity index (χ2n) is 14.9. The van der Waals surface area contributed by atoms with Crippen molar-refractivity contribution in [2.75, 3.05) is 19.8 Å². The highest BCUT2D eigenvalue weighted by Gasteiger charge is 2.77. The Labute approximate surface area is 323 Å². The summed E-state index contributed by atoms with van der Waals surface area (Å²) >= 11 is 0. The predicted molar refractivity (Wildman–Crippen MR) is 205 cm³/mol. The molecule has 0 saturated carbocycles. The van der Waals surface area contributed by atoms with E-state index < -0.39 is 41.4 Å². The monoisotopic (exact) mass is 754 g/mol. The third-order valence-electron chi connectivity index (χ3n) is 10.8. The number of esters is 1. The maximum atomic E-state index is 12.9. The standard InChI is InChI=1S/C45H54O10/c1-33(26-35-16-7-3-8-17-35)39(53-34(2)46)24-15-25-45-42(48)41(47)44(55-45,32-52-29-38-22-13-6-14-23-38)43(49,31-51-28-37-20-11-5-12-21-37)40(54-45)30-50-27-36-18-9-4-10-19-36/h3-14,16-23,33,39-42,47-49H,15,24-32H2,1-2H3/t33-,39-,40-,41-,42-,43+,44-,45+/m1/s1. The number of aliphatic hydroxyl groups is 3. The molecule has 3 N–H and O–H groups in total. The minimum atomic E-state index is -2.04. The largest absolute Gasteiger partial charge is 0.462 e. The zero-order valence-corrected chi connectivity index (χ0v) is 31.7. The number of rotatable bonds is 20. The summed E-state index contributed by atoms with van der Waals surface area (Å²) in [5.41, 5.74) is -0.0878. The molecule has 4 aromatic rings. The number of aliphatic hydroxyl groups excluding tert-OH is 2. The van der Waals surface area contributed by atoms with Gasteiger partial charge in [0.25, 0.3) is 0 Å². The van der Waals surface area contributed by atoms with Crippen molar-refractivity contribution < 1.29 is 48.5 Å². The summed E-state index contributed by atoms with van der Waals surface area (Å²) < 4.78 is 37.8. The lowest BCUT2D eigenvalue weighted by Crippen LogP contribution is -2.74. The van der Waals surface area contributed by atoms with E-state index in [9.17, 15) is 20.1 Å². The summed E-state index contributed by atoms with van der Waals surface area (Å²) in [4.78, 5) is 12.2. The average Bonchev–Trinajstić information content (AvgIpc) is 3.38. The third-order valence-corrected chi connectivity index (χ3v) is 10.8. The molecule has 2 aliphatic heterocycles. The van der Waals surface area contributed by atoms with E-state index >= 15 is 0 Å². The topological polar surface area (TPSA) is 133 Å². The van der Waals surface area contributed by atoms with Crippen LogP contribution in [-0.4, -0.2) is 82.5 Å². The minimum Gasteiger partial charge on any atom is -0.462 e. The number of hydrogen-bond acceptors (Lipinski definition) is 10. The molecule has 0 aliphatic carbocycles. The highest BCUT2D eigenvalue weighted by molar-refractivity contribution is 5.66. The van der Waals surface area contributed by atoms with E-state index in [4.69, 9.17) is 28.4 Å². The van der Waals surface area contributed by atoms with E-state index in [2.05, 4.69) is 0 Å². The van der Waals surface area contributed by atoms with Crippen LogP contribution >= 0.6 is 0 Å². The summed E-state index contributed by atoms with van der Waals surface area (Å²) in [6.07, 6.45) is -3.06. The van der Waals surface area contributed by atoms with Gasteiger partial charge < -0.3 is 43.7 Å². The third kappa shape index (κ3) is 9.71. The molecule has 2 bridgehead atoms. The Kier molecular flexibility index (Phi) is 13.9. The molecule has 294 valence electrons. The Morgan fingerprint density at radius 3 is 1.73 bits per heavy atom. The number of ether oxygens (including phenoxy) is 6. The summed E-state index contributed by atoms with van der Waals surface area (Å²) in [6.45, 7) is 3.32. The van der Waals surface area contributed by atoms with Gasteiger partial charge in [-0.25, -0.2) is 0 Å². The fraction of sp³-hybridized carbons (Fsp3) is 0.444. The number of benzene rings is 4. The second kappa shape index (κ2) is 18.8. The molecule has 0 amide bonds. The summed E-state index contributed by atoms with van der Waals surface area (Å²) in [6, 6.07) is 38.8. The maximum Gasteiger partial charge on any atom is 0.302 e. The van der Waals surface area contributed by atoms with Crippen LogP contribution in [0.25, 0.3) is 0 Å². The summed E-state index contributed by atoms with van der Waals surface area (Å²) in [7, 11) is 0. The van der Waals surface area contributed by atoms with Crippen LogP contribution in [0.4, 0.5) is 0 Å². The van der Waals surface area contributed by atoms with E-state index in [1.165, 1.54) is 6.92 Å². The van der Waals surface area contributed by atoms with Crippen molar-refractivity contribution in [2.24, 2.45) is 5.92 Å². The van der Waals surface area contributed by atoms with Crippen molar-refractivity contribution >= 4 is 5.97 Å². The minimum absolute atomic E-state index is 0.00690. The second-order valence-corrected chi connectivity index (χ2v) is 14.9. The molecule has 2 heterocycles. The van der Waals surface area contributed by atoms with Gasteiger partial charge in [0.05, 0.1) is 39.6 Å². The van der Waals surface area contributed by atoms with E-state index in [-0.39, 0.29) is 57.9 Å². The molecule has 2 aliphatic rings. The number of carbonyl (C=O) groups excluding carboxylic acids is 1. The van der Waals surface area contributed by atoms with E-state index in [0.717, 1.165) is 22.3 Å². The summed E-state index contributed by atoms with van der Waals surface area (Å²) in [5.74, 6) is -2.13. The fourth-order valence-corrected chi connectivity index (χ4v) is 7.85. The van der Waals surface area contributed by atoms with Crippen LogP contribution in [0, 0.1) is 5.92 Å². The molecule has 55 heavy (non-hydrogen) atoms. The first-order chi connectivity index (χ1) is 26.6. The van der Waals surface area contributed by atoms with Gasteiger partial charge in [-0.05, 0) is 47.4 Å². The Hall–Kier alpha value is -3.97. The molecule has 8 atom stereocenters. The lowest BCUT2D eigenvalue weighted by molar-refractivity contribution is -0.409. The Balaban J connectivity index is 1.27. The van der Waals surface area contributed by atoms with Crippen LogP contribution in [0.5, 0.6) is 0 Å². The van der Waals surface area contributed by atoms with Crippen molar-refractivity contribution in [3.05, 3.63) is 144 Å². The van der Waals surface area contributed by atoms with E-state index in [1.807, 2.05) is 128 Å². The molecular formula is C45H54O10. The van der Waals surface area contributed by atoms with Crippen LogP contribution in [-0.2, 0) is 59.5 Å². The molecule has 0 unspecified atom stereocenters. The zero-order chi connectivity index (χ0) is 38.7. The molecule has 2 saturated heterocycles. The van der Waals surface area contributed by atoms with Gasteiger partial charge in [-0.3, -0.25) is 4.79 Å². The lowest BCUT2D eigenvalue weighted by Gasteiger charge is -2.54. The molecule has 10 heteroatoms. The maximum absolute atomic E-state index is 12.9. The smallest absolute Gasteiger partial charge is 0.302 e. The predicted octanol–water partition coefficient (Wildman–Crippen LogP) is 5.93. The molecule has 0 radical (unpaired) electrons. The fourth-order valence-electron chi connectivity index (χ4n) is 7.85. The Morgan fingerprint density at radius 1 is 0.709 bits per heavy atom. The SMILES string of the molecule is CC(=O)O[C@H](CCC[C@]12O[C@H](COCc3ccccc3)[C@@](O)(COCc3ccccc3)[C@](COCc3ccccc3)(O1)[C@H](O)[C@H]2O)[C@H](C)Cc1ccccc1. The quantitative estimate of drug-likeness (QED) is 0.0933. The Morgan fingerprint density at radius 2 is 1.20 bits per heavy atom. The van der Waals surface area contributed by atoms with Crippen LogP contribution in [0.15, 0.2) is 121 Å². The molecule has 6 rings (SSSR count). The van der Waals surface area contributed by atoms with Crippen LogP contribution in [0.3, 0.4) is 0 Å². The van der Waals surface area contributed by atoms with Crippen molar-refractivity contribution in [1.82, 2.24) is 0 Å². The van der Waals surface area contributed by atoms with Gasteiger partial charge in [0.2, 0.25) is 0 Å². The van der Waals surface area contributed by atoms with Gasteiger partial charge in [-0.2, -0.15) is 0 Å². The van der Waals surface area contributed by atoms with Gasteiger partial charge in [0.15, 0.2) is 17.0 Å². The molecular weight excluding hydrogens is 700 g/mol. The van der Waals surface area contributed by atoms with Gasteiger partial charge >= 0.3 is 5.97 Å². The van der Waals surface area contributed by atoms with Gasteiger partial charge in [0.1, 0.15) is 24.4 Å². The van der Waals surface area contributed by atoms with E-state index in [0.29, 0.717) is 19.3 Å². The first-order valence-electron chi connectivity index (χ1n) is 19.2. The van der Waals surface area contributed by atoms with Gasteiger partial charge in [-0.1, -0.05) is 128 Å². The Bertz CT molecular complexity index is 1740. The highest BCUT2D eigenvalue weighted by atomic mass is 16.8. The number of fused-ring (bicyclic) bond motifs is 2. The van der Waals surface area contributed by atoms with Crippen LogP contribution < -0.4 is 0 Å². The molecule has 10 nitrogen and oxygen atoms in total. The average molecular weight is 755 g/mol. The molecule has 0 spiro atoms. The van der Waals surface area contributed by atoms with E-state index in [1.54, 1.807) is 0 Å². The summed E-state index contributed by atoms with van der Waals surface area (Å²) in [5, 5.41) is 36.9. The van der Waals surface area contributed by atoms with Crippen molar-refractivity contribution in [3.8, 4) is 0 Å². The van der Waals surface area contributed by atoms with Crippen LogP contribution in [0.2, 0.25) is 0 Å². The zero-order valence-electron chi connectivity index (χ0n) is 31.7. The molecule has 0 aromatic heterocycles. The van der Waals surface area contributed by atoms with Gasteiger partial charge in [0, 0.05) is 13.3 Å². The normalized spacial score (nSPS) is 27.0. The van der Waals surface area contributed by atoms with Crippen molar-refractivity contribution in [1.29, 1.82) is 0 Å². The van der Waals surface area contributed by atoms with Crippen molar-refractivity contribution in [3.63, 3.8) is 0 Å². The highest BCUT2D eigenvalue weighted by Crippen LogP contribution is 2.54. The first-order valence-corrected chi connectivity index (χ1v) is 19.2. The van der Waals surface area contributed by atoms with Crippen LogP contribution in [0.1, 0.15) is 55.4 Å². The molecule has 2 fully saturated rings. The number of hydrogen-bond donors (Lipinski definition) is 3. The lowest BCUT2D eigenvalue weighted by atomic mass is 9.75. The number of carbonyl (C=O) groups is 1. The molecule has 4 aromatic carbocycles. The van der Waals surface area contributed by atoms with Crippen molar-refractivity contribution in [2.45, 2.75) is 101 Å². The first kappa shape index (κ1) is 40.7. The van der Waals surface area contributed by atoms with Gasteiger partial charge in [-0.15, -0.1) is 0 Å².